The zero-order valence-electron chi connectivity index (χ0n) is 23.8. The third kappa shape index (κ3) is 6.15. The highest BCUT2D eigenvalue weighted by Crippen LogP contribution is 2.38. The third-order valence-electron chi connectivity index (χ3n) is 8.08. The molecule has 43 heavy (non-hydrogen) atoms. The minimum Gasteiger partial charge on any atom is -0.494 e. The van der Waals surface area contributed by atoms with E-state index in [0.29, 0.717) is 22.7 Å². The third-order valence-corrected chi connectivity index (χ3v) is 8.82. The van der Waals surface area contributed by atoms with Crippen molar-refractivity contribution in [1.29, 1.82) is 0 Å². The van der Waals surface area contributed by atoms with Crippen LogP contribution in [0.15, 0.2) is 100 Å². The number of aromatic nitrogens is 2. The molecule has 9 nitrogen and oxygen atoms in total. The lowest BCUT2D eigenvalue weighted by molar-refractivity contribution is 0.0887. The summed E-state index contributed by atoms with van der Waals surface area (Å²) < 4.78 is 7.25. The van der Waals surface area contributed by atoms with E-state index in [1.807, 2.05) is 42.7 Å². The second-order valence-electron chi connectivity index (χ2n) is 10.7. The van der Waals surface area contributed by atoms with Gasteiger partial charge in [0, 0.05) is 29.8 Å². The fourth-order valence-electron chi connectivity index (χ4n) is 6.00. The Labute approximate surface area is 254 Å². The molecule has 0 bridgehead atoms. The quantitative estimate of drug-likeness (QED) is 0.206. The Balaban J connectivity index is 1.13. The van der Waals surface area contributed by atoms with Gasteiger partial charge >= 0.3 is 6.09 Å². The van der Waals surface area contributed by atoms with Crippen molar-refractivity contribution in [2.45, 2.75) is 43.1 Å². The monoisotopic (exact) mass is 595 g/mol. The van der Waals surface area contributed by atoms with Gasteiger partial charge in [-0.2, -0.15) is 10.2 Å². The number of carbonyl (C=O) groups excluding carboxylic acids is 1. The van der Waals surface area contributed by atoms with Crippen molar-refractivity contribution in [2.75, 3.05) is 11.6 Å². The van der Waals surface area contributed by atoms with E-state index in [1.54, 1.807) is 30.5 Å². The Morgan fingerprint density at radius 1 is 0.907 bits per heavy atom. The summed E-state index contributed by atoms with van der Waals surface area (Å²) in [6, 6.07) is 24.4. The minimum atomic E-state index is -0.514. The second kappa shape index (κ2) is 12.7. The van der Waals surface area contributed by atoms with Gasteiger partial charge in [-0.3, -0.25) is 14.9 Å². The fourth-order valence-corrected chi connectivity index (χ4v) is 6.50. The van der Waals surface area contributed by atoms with Crippen LogP contribution < -0.4 is 5.32 Å². The van der Waals surface area contributed by atoms with Crippen molar-refractivity contribution in [3.05, 3.63) is 96.3 Å². The molecule has 3 heterocycles. The molecular weight excluding hydrogens is 562 g/mol. The van der Waals surface area contributed by atoms with E-state index in [9.17, 15) is 15.0 Å². The molecule has 6 rings (SSSR count). The molecule has 2 aromatic carbocycles. The van der Waals surface area contributed by atoms with Gasteiger partial charge in [0.15, 0.2) is 5.88 Å². The van der Waals surface area contributed by atoms with E-state index in [4.69, 9.17) is 9.84 Å². The van der Waals surface area contributed by atoms with Gasteiger partial charge in [-0.1, -0.05) is 36.4 Å². The highest BCUT2D eigenvalue weighted by atomic mass is 32.2. The molecule has 10 heteroatoms. The van der Waals surface area contributed by atoms with Crippen molar-refractivity contribution < 1.29 is 19.7 Å². The van der Waals surface area contributed by atoms with Gasteiger partial charge in [-0.15, -0.1) is 11.8 Å². The number of thioether (sulfide) groups is 1. The highest BCUT2D eigenvalue weighted by molar-refractivity contribution is 7.98. The molecule has 0 radical (unpaired) electrons. The van der Waals surface area contributed by atoms with Gasteiger partial charge in [-0.25, -0.2) is 4.79 Å². The number of hydrogen-bond donors (Lipinski definition) is 3. The fraction of sp³-hybridized carbons (Fsp3) is 0.273. The highest BCUT2D eigenvalue weighted by Gasteiger charge is 2.37. The molecule has 3 atom stereocenters. The topological polar surface area (TPSA) is 121 Å². The van der Waals surface area contributed by atoms with Crippen molar-refractivity contribution in [3.8, 4) is 17.4 Å². The summed E-state index contributed by atoms with van der Waals surface area (Å²) in [4.78, 5) is 18.1. The predicted octanol–water partition coefficient (Wildman–Crippen LogP) is 7.03. The van der Waals surface area contributed by atoms with E-state index < -0.39 is 6.09 Å². The first kappa shape index (κ1) is 28.5. The predicted molar refractivity (Wildman–Crippen MR) is 169 cm³/mol. The summed E-state index contributed by atoms with van der Waals surface area (Å²) in [6.45, 7) is 0. The molecule has 0 spiro atoms. The number of hydrogen-bond acceptors (Lipinski definition) is 8. The molecule has 4 aromatic rings. The second-order valence-corrected chi connectivity index (χ2v) is 11.5. The maximum absolute atomic E-state index is 12.9. The average molecular weight is 596 g/mol. The standard InChI is InChI=1S/C33H33N5O4S/c1-43-28-20-29(39)38(32(28)40)23-15-13-22(14-16-23)35-33(41)42-24-10-7-11-25-26(18-17-24)31(27-12-5-6-19-34-27)37-36-30(25)21-8-3-2-4-9-21/h2-6,8-9,12-16,19-20,24-26,39-40H,7,10-11,17-18H2,1H3,(H,35,41). The number of ether oxygens (including phenoxy) is 1. The van der Waals surface area contributed by atoms with Crippen LogP contribution in [0, 0.1) is 11.8 Å². The lowest BCUT2D eigenvalue weighted by atomic mass is 9.73. The number of nitrogens with one attached hydrogen (secondary N) is 1. The number of anilines is 1. The number of pyridine rings is 1. The molecule has 1 aliphatic carbocycles. The number of benzene rings is 2. The summed E-state index contributed by atoms with van der Waals surface area (Å²) in [7, 11) is 0. The van der Waals surface area contributed by atoms with E-state index in [2.05, 4.69) is 27.5 Å². The zero-order chi connectivity index (χ0) is 29.8. The Morgan fingerprint density at radius 3 is 2.37 bits per heavy atom. The number of nitrogens with zero attached hydrogens (tertiary/aromatic N) is 4. The smallest absolute Gasteiger partial charge is 0.411 e. The van der Waals surface area contributed by atoms with Crippen molar-refractivity contribution >= 4 is 35.0 Å². The van der Waals surface area contributed by atoms with Crippen LogP contribution in [0.5, 0.6) is 11.8 Å². The summed E-state index contributed by atoms with van der Waals surface area (Å²) in [5.74, 6) is 0.215. The lowest BCUT2D eigenvalue weighted by Crippen LogP contribution is -2.37. The van der Waals surface area contributed by atoms with E-state index >= 15 is 0 Å². The van der Waals surface area contributed by atoms with Crippen LogP contribution in [0.25, 0.3) is 5.69 Å². The van der Waals surface area contributed by atoms with Gasteiger partial charge < -0.3 is 14.9 Å². The number of amides is 1. The number of aromatic hydroxyl groups is 2. The first-order chi connectivity index (χ1) is 21.0. The van der Waals surface area contributed by atoms with Gasteiger partial charge in [-0.05, 0) is 80.3 Å². The SMILES string of the molecule is CSc1cc(O)n(-c2ccc(NC(=O)OC3CCCC4C(c5ccccc5)=NN=C(c5ccccn5)C4CC3)cc2)c1O. The molecule has 1 aliphatic heterocycles. The van der Waals surface area contributed by atoms with Gasteiger partial charge in [0.2, 0.25) is 5.88 Å². The van der Waals surface area contributed by atoms with Crippen LogP contribution in [0.4, 0.5) is 10.5 Å². The average Bonchev–Trinajstić information content (AvgIpc) is 3.32. The Hall–Kier alpha value is -4.57. The number of fused-ring (bicyclic) bond motifs is 1. The Kier molecular flexibility index (Phi) is 8.46. The van der Waals surface area contributed by atoms with Crippen molar-refractivity contribution in [2.24, 2.45) is 22.0 Å². The summed E-state index contributed by atoms with van der Waals surface area (Å²) in [5.41, 5.74) is 4.94. The van der Waals surface area contributed by atoms with E-state index in [-0.39, 0.29) is 29.7 Å². The normalized spacial score (nSPS) is 20.2. The number of rotatable bonds is 6. The molecule has 2 aromatic heterocycles. The Bertz CT molecular complexity index is 1640. The minimum absolute atomic E-state index is 0.0342. The maximum Gasteiger partial charge on any atom is 0.411 e. The molecular formula is C33H33N5O4S. The molecule has 0 saturated heterocycles. The molecule has 220 valence electrons. The van der Waals surface area contributed by atoms with Crippen LogP contribution in [0.2, 0.25) is 0 Å². The largest absolute Gasteiger partial charge is 0.494 e. The van der Waals surface area contributed by atoms with Crippen LogP contribution >= 0.6 is 11.8 Å². The summed E-state index contributed by atoms with van der Waals surface area (Å²) >= 11 is 1.34. The summed E-state index contributed by atoms with van der Waals surface area (Å²) in [5, 5.41) is 32.9. The molecule has 2 aliphatic rings. The van der Waals surface area contributed by atoms with Crippen LogP contribution in [0.3, 0.4) is 0 Å². The first-order valence-electron chi connectivity index (χ1n) is 14.4. The molecule has 1 fully saturated rings. The molecule has 1 amide bonds. The maximum atomic E-state index is 12.9. The summed E-state index contributed by atoms with van der Waals surface area (Å²) in [6.07, 6.45) is 6.90. The molecule has 3 N–H and O–H groups in total. The van der Waals surface area contributed by atoms with Crippen LogP contribution in [-0.4, -0.2) is 49.6 Å². The zero-order valence-corrected chi connectivity index (χ0v) is 24.6. The van der Waals surface area contributed by atoms with Gasteiger partial charge in [0.25, 0.3) is 0 Å². The number of carbonyl (C=O) groups is 1. The lowest BCUT2D eigenvalue weighted by Gasteiger charge is -2.35. The molecule has 1 saturated carbocycles. The first-order valence-corrected chi connectivity index (χ1v) is 15.6. The van der Waals surface area contributed by atoms with Crippen LogP contribution in [-0.2, 0) is 4.74 Å². The van der Waals surface area contributed by atoms with Crippen molar-refractivity contribution in [1.82, 2.24) is 9.55 Å². The van der Waals surface area contributed by atoms with Crippen molar-refractivity contribution in [3.63, 3.8) is 0 Å². The van der Waals surface area contributed by atoms with E-state index in [1.165, 1.54) is 22.4 Å². The molecule has 3 unspecified atom stereocenters. The van der Waals surface area contributed by atoms with Crippen LogP contribution in [0.1, 0.15) is 43.4 Å². The van der Waals surface area contributed by atoms with Gasteiger partial charge in [0.1, 0.15) is 6.10 Å². The Morgan fingerprint density at radius 2 is 1.65 bits per heavy atom. The van der Waals surface area contributed by atoms with E-state index in [0.717, 1.165) is 48.4 Å². The van der Waals surface area contributed by atoms with Gasteiger partial charge in [0.05, 0.1) is 27.7 Å².